The molecule has 0 aliphatic heterocycles. The molecule has 0 aliphatic carbocycles. The van der Waals surface area contributed by atoms with Crippen molar-refractivity contribution in [1.29, 1.82) is 5.26 Å². The van der Waals surface area contributed by atoms with Crippen molar-refractivity contribution in [3.8, 4) is 6.07 Å². The zero-order valence-electron chi connectivity index (χ0n) is 11.6. The van der Waals surface area contributed by atoms with Gasteiger partial charge in [-0.3, -0.25) is 0 Å². The molecule has 23 heavy (non-hydrogen) atoms. The SMILES string of the molecule is N#C/C(=C\c1ccc(Cl)cc1)S(=O)(=O)Cc1ccc(Cl)cc1Cl. The molecule has 0 fully saturated rings. The molecule has 2 rings (SSSR count). The average Bonchev–Trinajstić information content (AvgIpc) is 2.49. The summed E-state index contributed by atoms with van der Waals surface area (Å²) in [4.78, 5) is -0.342. The Balaban J connectivity index is 2.36. The van der Waals surface area contributed by atoms with Gasteiger partial charge in [0.05, 0.1) is 5.75 Å². The molecule has 0 amide bonds. The highest BCUT2D eigenvalue weighted by Gasteiger charge is 2.20. The van der Waals surface area contributed by atoms with Gasteiger partial charge in [-0.25, -0.2) is 8.42 Å². The Hall–Kier alpha value is -1.51. The number of allylic oxidation sites excluding steroid dienone is 1. The van der Waals surface area contributed by atoms with E-state index in [0.717, 1.165) is 0 Å². The molecular formula is C16H10Cl3NO2S. The molecule has 0 aliphatic rings. The predicted molar refractivity (Wildman–Crippen MR) is 94.1 cm³/mol. The monoisotopic (exact) mass is 385 g/mol. The number of halogens is 3. The number of hydrogen-bond donors (Lipinski definition) is 0. The first-order valence-corrected chi connectivity index (χ1v) is 9.14. The van der Waals surface area contributed by atoms with Crippen molar-refractivity contribution in [2.24, 2.45) is 0 Å². The molecular weight excluding hydrogens is 377 g/mol. The summed E-state index contributed by atoms with van der Waals surface area (Å²) in [6.07, 6.45) is 1.30. The Kier molecular flexibility index (Phi) is 5.72. The summed E-state index contributed by atoms with van der Waals surface area (Å²) in [6, 6.07) is 12.8. The first kappa shape index (κ1) is 17.8. The van der Waals surface area contributed by atoms with Crippen LogP contribution in [0.4, 0.5) is 0 Å². The van der Waals surface area contributed by atoms with Crippen LogP contribution in [0.1, 0.15) is 11.1 Å². The largest absolute Gasteiger partial charge is 0.223 e. The fourth-order valence-electron chi connectivity index (χ4n) is 1.82. The van der Waals surface area contributed by atoms with Crippen molar-refractivity contribution in [2.75, 3.05) is 0 Å². The Morgan fingerprint density at radius 2 is 1.65 bits per heavy atom. The number of benzene rings is 2. The summed E-state index contributed by atoms with van der Waals surface area (Å²) in [5, 5.41) is 10.4. The standard InChI is InChI=1S/C16H10Cl3NO2S/c17-13-4-1-11(2-5-13)7-15(9-20)23(21,22)10-12-3-6-14(18)8-16(12)19/h1-8H,10H2/b15-7+. The van der Waals surface area contributed by atoms with Gasteiger partial charge in [-0.1, -0.05) is 53.0 Å². The fourth-order valence-corrected chi connectivity index (χ4v) is 3.78. The van der Waals surface area contributed by atoms with Crippen molar-refractivity contribution >= 4 is 50.7 Å². The quantitative estimate of drug-likeness (QED) is 0.685. The van der Waals surface area contributed by atoms with E-state index in [1.165, 1.54) is 18.2 Å². The van der Waals surface area contributed by atoms with Gasteiger partial charge in [0.25, 0.3) is 0 Å². The molecule has 0 atom stereocenters. The summed E-state index contributed by atoms with van der Waals surface area (Å²) < 4.78 is 24.9. The van der Waals surface area contributed by atoms with Gasteiger partial charge in [0.1, 0.15) is 11.0 Å². The Morgan fingerprint density at radius 3 is 2.22 bits per heavy atom. The number of nitriles is 1. The number of sulfone groups is 1. The van der Waals surface area contributed by atoms with Crippen LogP contribution in [-0.4, -0.2) is 8.42 Å². The van der Waals surface area contributed by atoms with Crippen molar-refractivity contribution in [3.63, 3.8) is 0 Å². The van der Waals surface area contributed by atoms with E-state index in [0.29, 0.717) is 21.2 Å². The molecule has 0 saturated carbocycles. The molecule has 2 aromatic carbocycles. The zero-order chi connectivity index (χ0) is 17.0. The number of hydrogen-bond acceptors (Lipinski definition) is 3. The molecule has 0 N–H and O–H groups in total. The van der Waals surface area contributed by atoms with Crippen LogP contribution in [0.2, 0.25) is 15.1 Å². The van der Waals surface area contributed by atoms with Gasteiger partial charge in [-0.05, 0) is 41.5 Å². The molecule has 0 saturated heterocycles. The topological polar surface area (TPSA) is 57.9 Å². The zero-order valence-corrected chi connectivity index (χ0v) is 14.7. The lowest BCUT2D eigenvalue weighted by atomic mass is 10.2. The van der Waals surface area contributed by atoms with E-state index in [1.54, 1.807) is 36.4 Å². The molecule has 0 bridgehead atoms. The summed E-state index contributed by atoms with van der Waals surface area (Å²) in [7, 11) is -3.83. The Morgan fingerprint density at radius 1 is 1.04 bits per heavy atom. The van der Waals surface area contributed by atoms with Gasteiger partial charge >= 0.3 is 0 Å². The summed E-state index contributed by atoms with van der Waals surface area (Å²) in [5.74, 6) is -0.379. The highest BCUT2D eigenvalue weighted by atomic mass is 35.5. The summed E-state index contributed by atoms with van der Waals surface area (Å²) in [6.45, 7) is 0. The Labute approximate surface area is 149 Å². The highest BCUT2D eigenvalue weighted by Crippen LogP contribution is 2.25. The summed E-state index contributed by atoms with van der Waals surface area (Å²) >= 11 is 17.6. The third kappa shape index (κ3) is 4.73. The van der Waals surface area contributed by atoms with E-state index in [1.807, 2.05) is 0 Å². The van der Waals surface area contributed by atoms with Gasteiger partial charge in [0.15, 0.2) is 9.84 Å². The second-order valence-electron chi connectivity index (χ2n) is 4.67. The van der Waals surface area contributed by atoms with Crippen LogP contribution >= 0.6 is 34.8 Å². The van der Waals surface area contributed by atoms with Crippen LogP contribution in [0.3, 0.4) is 0 Å². The van der Waals surface area contributed by atoms with E-state index < -0.39 is 9.84 Å². The third-order valence-electron chi connectivity index (χ3n) is 2.97. The van der Waals surface area contributed by atoms with Gasteiger partial charge < -0.3 is 0 Å². The lowest BCUT2D eigenvalue weighted by molar-refractivity contribution is 0.602. The lowest BCUT2D eigenvalue weighted by Gasteiger charge is -2.06. The molecule has 118 valence electrons. The lowest BCUT2D eigenvalue weighted by Crippen LogP contribution is -2.07. The minimum absolute atomic E-state index is 0.241. The van der Waals surface area contributed by atoms with E-state index in [4.69, 9.17) is 34.8 Å². The van der Waals surface area contributed by atoms with Crippen LogP contribution < -0.4 is 0 Å². The van der Waals surface area contributed by atoms with Crippen molar-refractivity contribution in [1.82, 2.24) is 0 Å². The summed E-state index contributed by atoms with van der Waals surface area (Å²) in [5.41, 5.74) is 0.949. The predicted octanol–water partition coefficient (Wildman–Crippen LogP) is 5.13. The van der Waals surface area contributed by atoms with Gasteiger partial charge in [-0.15, -0.1) is 0 Å². The van der Waals surface area contributed by atoms with Gasteiger partial charge in [0.2, 0.25) is 0 Å². The van der Waals surface area contributed by atoms with Crippen molar-refractivity contribution < 1.29 is 8.42 Å². The molecule has 7 heteroatoms. The first-order chi connectivity index (χ1) is 10.8. The second kappa shape index (κ2) is 7.37. The maximum Gasteiger partial charge on any atom is 0.192 e. The van der Waals surface area contributed by atoms with Crippen LogP contribution in [-0.2, 0) is 15.6 Å². The second-order valence-corrected chi connectivity index (χ2v) is 7.90. The molecule has 0 radical (unpaired) electrons. The Bertz CT molecular complexity index is 898. The molecule has 0 heterocycles. The minimum atomic E-state index is -3.83. The van der Waals surface area contributed by atoms with Crippen LogP contribution in [0.25, 0.3) is 6.08 Å². The fraction of sp³-hybridized carbons (Fsp3) is 0.0625. The highest BCUT2D eigenvalue weighted by molar-refractivity contribution is 7.95. The molecule has 3 nitrogen and oxygen atoms in total. The van der Waals surface area contributed by atoms with E-state index in [9.17, 15) is 13.7 Å². The molecule has 0 spiro atoms. The van der Waals surface area contributed by atoms with Crippen molar-refractivity contribution in [2.45, 2.75) is 5.75 Å². The van der Waals surface area contributed by atoms with Crippen LogP contribution in [0.5, 0.6) is 0 Å². The number of rotatable bonds is 4. The molecule has 0 unspecified atom stereocenters. The minimum Gasteiger partial charge on any atom is -0.223 e. The van der Waals surface area contributed by atoms with E-state index >= 15 is 0 Å². The first-order valence-electron chi connectivity index (χ1n) is 6.36. The smallest absolute Gasteiger partial charge is 0.192 e. The van der Waals surface area contributed by atoms with Gasteiger partial charge in [0, 0.05) is 15.1 Å². The number of nitrogens with zero attached hydrogens (tertiary/aromatic N) is 1. The van der Waals surface area contributed by atoms with Crippen LogP contribution in [0.15, 0.2) is 47.4 Å². The van der Waals surface area contributed by atoms with Crippen LogP contribution in [0, 0.1) is 11.3 Å². The average molecular weight is 387 g/mol. The molecule has 2 aromatic rings. The normalized spacial score (nSPS) is 12.0. The third-order valence-corrected chi connectivity index (χ3v) is 5.38. The molecule has 0 aromatic heterocycles. The maximum absolute atomic E-state index is 12.4. The van der Waals surface area contributed by atoms with E-state index in [-0.39, 0.29) is 15.7 Å². The van der Waals surface area contributed by atoms with Gasteiger partial charge in [-0.2, -0.15) is 5.26 Å². The van der Waals surface area contributed by atoms with E-state index in [2.05, 4.69) is 0 Å². The van der Waals surface area contributed by atoms with Crippen molar-refractivity contribution in [3.05, 3.63) is 73.6 Å². The maximum atomic E-state index is 12.4.